The molecule has 2 fully saturated rings. The van der Waals surface area contributed by atoms with Gasteiger partial charge in [0.2, 0.25) is 5.91 Å². The molecule has 0 aliphatic heterocycles. The quantitative estimate of drug-likeness (QED) is 0.686. The molecule has 0 radical (unpaired) electrons. The number of amides is 1. The molecule has 0 bridgehead atoms. The highest BCUT2D eigenvalue weighted by atomic mass is 35.5. The summed E-state index contributed by atoms with van der Waals surface area (Å²) in [6, 6.07) is 0.737. The van der Waals surface area contributed by atoms with E-state index in [1.54, 1.807) is 0 Å². The number of nitrogens with one attached hydrogen (secondary N) is 1. The van der Waals surface area contributed by atoms with Crippen LogP contribution >= 0.6 is 24.8 Å². The lowest BCUT2D eigenvalue weighted by Gasteiger charge is -2.57. The summed E-state index contributed by atoms with van der Waals surface area (Å²) in [4.78, 5) is 14.9. The van der Waals surface area contributed by atoms with E-state index in [4.69, 9.17) is 10.5 Å². The van der Waals surface area contributed by atoms with Gasteiger partial charge in [-0.05, 0) is 26.3 Å². The van der Waals surface area contributed by atoms with Crippen LogP contribution in [0.4, 0.5) is 0 Å². The Labute approximate surface area is 152 Å². The number of carbonyl (C=O) groups excluding carboxylic acids is 1. The summed E-state index contributed by atoms with van der Waals surface area (Å²) in [6.07, 6.45) is 3.29. The van der Waals surface area contributed by atoms with Gasteiger partial charge in [0, 0.05) is 37.6 Å². The molecular formula is C16H33Cl2N3O2. The van der Waals surface area contributed by atoms with Crippen molar-refractivity contribution in [1.29, 1.82) is 0 Å². The lowest BCUT2D eigenvalue weighted by molar-refractivity contribution is -0.170. The van der Waals surface area contributed by atoms with Crippen LogP contribution in [0.3, 0.4) is 0 Å². The number of nitrogens with two attached hydrogens (primary N) is 1. The zero-order chi connectivity index (χ0) is 15.7. The lowest BCUT2D eigenvalue weighted by Crippen LogP contribution is -2.75. The number of likely N-dealkylation sites (N-methyl/N-ethyl adjacent to an activating group) is 1. The van der Waals surface area contributed by atoms with Crippen molar-refractivity contribution in [2.75, 3.05) is 26.2 Å². The van der Waals surface area contributed by atoms with E-state index in [0.29, 0.717) is 19.6 Å². The van der Waals surface area contributed by atoms with Crippen molar-refractivity contribution in [3.63, 3.8) is 0 Å². The summed E-state index contributed by atoms with van der Waals surface area (Å²) in [5, 5.41) is 3.03. The molecule has 0 aromatic carbocycles. The number of rotatable bonds is 8. The summed E-state index contributed by atoms with van der Waals surface area (Å²) < 4.78 is 5.67. The van der Waals surface area contributed by atoms with Crippen molar-refractivity contribution < 1.29 is 9.53 Å². The number of carbonyl (C=O) groups is 1. The smallest absolute Gasteiger partial charge is 0.240 e. The number of nitrogens with zero attached hydrogens (tertiary/aromatic N) is 1. The zero-order valence-electron chi connectivity index (χ0n) is 14.8. The first kappa shape index (κ1) is 22.9. The Bertz CT molecular complexity index is 392. The molecule has 0 spiro atoms. The van der Waals surface area contributed by atoms with Crippen molar-refractivity contribution in [3.05, 3.63) is 0 Å². The van der Waals surface area contributed by atoms with Gasteiger partial charge in [0.05, 0.1) is 6.10 Å². The summed E-state index contributed by atoms with van der Waals surface area (Å²) in [5.74, 6) is -0.0321. The van der Waals surface area contributed by atoms with E-state index >= 15 is 0 Å². The fourth-order valence-corrected chi connectivity index (χ4v) is 3.33. The molecule has 2 rings (SSSR count). The molecule has 0 saturated heterocycles. The largest absolute Gasteiger partial charge is 0.378 e. The maximum Gasteiger partial charge on any atom is 0.240 e. The van der Waals surface area contributed by atoms with Crippen molar-refractivity contribution >= 4 is 30.7 Å². The molecule has 23 heavy (non-hydrogen) atoms. The fraction of sp³-hybridized carbons (Fsp3) is 0.938. The minimum absolute atomic E-state index is 0. The Hall–Kier alpha value is -0.0700. The minimum Gasteiger partial charge on any atom is -0.378 e. The highest BCUT2D eigenvalue weighted by molar-refractivity contribution is 5.88. The molecule has 1 amide bonds. The van der Waals surface area contributed by atoms with Crippen molar-refractivity contribution in [1.82, 2.24) is 10.2 Å². The van der Waals surface area contributed by atoms with Crippen LogP contribution in [0.5, 0.6) is 0 Å². The predicted molar refractivity (Wildman–Crippen MR) is 98.5 cm³/mol. The summed E-state index contributed by atoms with van der Waals surface area (Å²) >= 11 is 0. The highest BCUT2D eigenvalue weighted by Gasteiger charge is 2.62. The molecular weight excluding hydrogens is 337 g/mol. The molecule has 7 heteroatoms. The SMILES string of the molecule is CCOC1CC(N)(C(=O)NCCN(CC)C2CC2)C1(C)C.Cl.Cl. The normalized spacial score (nSPS) is 28.3. The predicted octanol–water partition coefficient (Wildman–Crippen LogP) is 1.96. The minimum atomic E-state index is -0.802. The Kier molecular flexibility index (Phi) is 8.83. The molecule has 5 nitrogen and oxygen atoms in total. The molecule has 2 unspecified atom stereocenters. The molecule has 0 heterocycles. The van der Waals surface area contributed by atoms with E-state index in [2.05, 4.69) is 17.1 Å². The van der Waals surface area contributed by atoms with Gasteiger partial charge in [0.15, 0.2) is 0 Å². The number of hydrogen-bond donors (Lipinski definition) is 2. The first-order valence-electron chi connectivity index (χ1n) is 8.29. The first-order chi connectivity index (χ1) is 9.86. The van der Waals surface area contributed by atoms with Crippen molar-refractivity contribution in [3.8, 4) is 0 Å². The Morgan fingerprint density at radius 3 is 2.35 bits per heavy atom. The van der Waals surface area contributed by atoms with Gasteiger partial charge in [-0.25, -0.2) is 0 Å². The topological polar surface area (TPSA) is 67.6 Å². The molecule has 2 aliphatic carbocycles. The standard InChI is InChI=1S/C16H31N3O2.2ClH/c1-5-19(12-7-8-12)10-9-18-14(20)16(17)11-13(21-6-2)15(16,3)4;;/h12-13H,5-11,17H2,1-4H3,(H,18,20);2*1H. The fourth-order valence-electron chi connectivity index (χ4n) is 3.33. The van der Waals surface area contributed by atoms with Crippen LogP contribution in [-0.4, -0.2) is 54.7 Å². The second-order valence-electron chi connectivity index (χ2n) is 6.96. The average molecular weight is 370 g/mol. The average Bonchev–Trinajstić information content (AvgIpc) is 3.27. The highest BCUT2D eigenvalue weighted by Crippen LogP contribution is 2.49. The Morgan fingerprint density at radius 1 is 1.30 bits per heavy atom. The lowest BCUT2D eigenvalue weighted by atomic mass is 9.54. The third kappa shape index (κ3) is 4.51. The van der Waals surface area contributed by atoms with Gasteiger partial charge in [-0.2, -0.15) is 0 Å². The van der Waals surface area contributed by atoms with Crippen molar-refractivity contribution in [2.24, 2.45) is 11.1 Å². The number of hydrogen-bond acceptors (Lipinski definition) is 4. The maximum absolute atomic E-state index is 12.5. The van der Waals surface area contributed by atoms with Crippen LogP contribution < -0.4 is 11.1 Å². The number of ether oxygens (including phenoxy) is 1. The van der Waals surface area contributed by atoms with Gasteiger partial charge >= 0.3 is 0 Å². The molecule has 2 saturated carbocycles. The van der Waals surface area contributed by atoms with Gasteiger partial charge in [0.1, 0.15) is 5.54 Å². The van der Waals surface area contributed by atoms with Crippen LogP contribution in [0.25, 0.3) is 0 Å². The maximum atomic E-state index is 12.5. The monoisotopic (exact) mass is 369 g/mol. The third-order valence-corrected chi connectivity index (χ3v) is 5.39. The summed E-state index contributed by atoms with van der Waals surface area (Å²) in [6.45, 7) is 11.5. The second-order valence-corrected chi connectivity index (χ2v) is 6.96. The third-order valence-electron chi connectivity index (χ3n) is 5.39. The van der Waals surface area contributed by atoms with E-state index in [9.17, 15) is 4.79 Å². The van der Waals surface area contributed by atoms with Gasteiger partial charge in [-0.3, -0.25) is 9.69 Å². The van der Waals surface area contributed by atoms with E-state index in [1.807, 2.05) is 20.8 Å². The summed E-state index contributed by atoms with van der Waals surface area (Å²) in [7, 11) is 0. The van der Waals surface area contributed by atoms with Gasteiger partial charge in [-0.1, -0.05) is 20.8 Å². The summed E-state index contributed by atoms with van der Waals surface area (Å²) in [5.41, 5.74) is 5.25. The van der Waals surface area contributed by atoms with E-state index < -0.39 is 5.54 Å². The van der Waals surface area contributed by atoms with Crippen LogP contribution in [0.15, 0.2) is 0 Å². The van der Waals surface area contributed by atoms with Crippen molar-refractivity contribution in [2.45, 2.75) is 64.6 Å². The molecule has 3 N–H and O–H groups in total. The van der Waals surface area contributed by atoms with E-state index in [0.717, 1.165) is 19.1 Å². The Balaban J connectivity index is 0.00000242. The van der Waals surface area contributed by atoms with Crippen LogP contribution in [0.2, 0.25) is 0 Å². The zero-order valence-corrected chi connectivity index (χ0v) is 16.4. The van der Waals surface area contributed by atoms with E-state index in [-0.39, 0.29) is 42.2 Å². The number of halogens is 2. The van der Waals surface area contributed by atoms with Gasteiger partial charge < -0.3 is 15.8 Å². The van der Waals surface area contributed by atoms with Gasteiger partial charge in [-0.15, -0.1) is 24.8 Å². The molecule has 2 aliphatic rings. The Morgan fingerprint density at radius 2 is 1.91 bits per heavy atom. The van der Waals surface area contributed by atoms with Gasteiger partial charge in [0.25, 0.3) is 0 Å². The van der Waals surface area contributed by atoms with Crippen LogP contribution in [0, 0.1) is 5.41 Å². The van der Waals surface area contributed by atoms with Crippen LogP contribution in [0.1, 0.15) is 47.0 Å². The first-order valence-corrected chi connectivity index (χ1v) is 8.29. The molecule has 0 aromatic heterocycles. The molecule has 0 aromatic rings. The van der Waals surface area contributed by atoms with E-state index in [1.165, 1.54) is 12.8 Å². The van der Waals surface area contributed by atoms with Crippen LogP contribution in [-0.2, 0) is 9.53 Å². The molecule has 2 atom stereocenters. The second kappa shape index (κ2) is 8.86. The molecule has 138 valence electrons.